The van der Waals surface area contributed by atoms with Gasteiger partial charge in [0.15, 0.2) is 0 Å². The van der Waals surface area contributed by atoms with Crippen molar-refractivity contribution < 1.29 is 42.1 Å². The Bertz CT molecular complexity index is 902. The van der Waals surface area contributed by atoms with Gasteiger partial charge in [0.25, 0.3) is 6.29 Å². The quantitative estimate of drug-likeness (QED) is 0.524. The van der Waals surface area contributed by atoms with Crippen molar-refractivity contribution in [1.82, 2.24) is 0 Å². The standard InChI is InChI=1S/C21H18F2O7/c1-13(24)28-20-21(22,23)17(30-19(26)15-10-6-3-7-11-15)16(29-20)12-27-18(25)14-8-4-2-5-9-14/h2-11,16-17,20H,12H2,1H3/t16-,17-,20-/m1/s1. The number of benzene rings is 2. The summed E-state index contributed by atoms with van der Waals surface area (Å²) in [7, 11) is 0. The van der Waals surface area contributed by atoms with E-state index in [9.17, 15) is 23.2 Å². The zero-order chi connectivity index (χ0) is 21.7. The number of hydrogen-bond donors (Lipinski definition) is 0. The first kappa shape index (κ1) is 21.4. The molecular formula is C21H18F2O7. The van der Waals surface area contributed by atoms with Gasteiger partial charge in [-0.2, -0.15) is 8.78 Å². The minimum absolute atomic E-state index is 0.0456. The fourth-order valence-corrected chi connectivity index (χ4v) is 2.81. The van der Waals surface area contributed by atoms with Gasteiger partial charge in [-0.05, 0) is 24.3 Å². The lowest BCUT2D eigenvalue weighted by Crippen LogP contribution is -2.45. The molecule has 1 aliphatic rings. The molecule has 0 amide bonds. The van der Waals surface area contributed by atoms with Crippen molar-refractivity contribution in [2.24, 2.45) is 0 Å². The van der Waals surface area contributed by atoms with Crippen LogP contribution in [0, 0.1) is 0 Å². The zero-order valence-electron chi connectivity index (χ0n) is 15.8. The maximum atomic E-state index is 14.8. The molecule has 30 heavy (non-hydrogen) atoms. The van der Waals surface area contributed by atoms with E-state index in [0.29, 0.717) is 0 Å². The molecule has 0 aromatic heterocycles. The summed E-state index contributed by atoms with van der Waals surface area (Å²) in [6.45, 7) is 0.293. The normalized spacial score (nSPS) is 22.2. The molecule has 7 nitrogen and oxygen atoms in total. The molecule has 0 unspecified atom stereocenters. The van der Waals surface area contributed by atoms with Gasteiger partial charge in [0, 0.05) is 6.92 Å². The molecule has 0 aliphatic carbocycles. The average molecular weight is 420 g/mol. The molecule has 0 N–H and O–H groups in total. The summed E-state index contributed by atoms with van der Waals surface area (Å²) in [5, 5.41) is 0. The Balaban J connectivity index is 1.76. The number of esters is 3. The van der Waals surface area contributed by atoms with Crippen molar-refractivity contribution in [3.05, 3.63) is 71.8 Å². The number of alkyl halides is 2. The summed E-state index contributed by atoms with van der Waals surface area (Å²) < 4.78 is 49.2. The molecule has 1 heterocycles. The molecule has 1 fully saturated rings. The maximum Gasteiger partial charge on any atom is 0.347 e. The topological polar surface area (TPSA) is 88.1 Å². The van der Waals surface area contributed by atoms with E-state index in [2.05, 4.69) is 4.74 Å². The van der Waals surface area contributed by atoms with Gasteiger partial charge in [-0.1, -0.05) is 36.4 Å². The third-order valence-electron chi connectivity index (χ3n) is 4.23. The minimum Gasteiger partial charge on any atom is -0.459 e. The summed E-state index contributed by atoms with van der Waals surface area (Å²) >= 11 is 0. The zero-order valence-corrected chi connectivity index (χ0v) is 15.8. The molecule has 0 bridgehead atoms. The fraction of sp³-hybridized carbons (Fsp3) is 0.286. The Hall–Kier alpha value is -3.33. The molecular weight excluding hydrogens is 402 g/mol. The largest absolute Gasteiger partial charge is 0.459 e. The summed E-state index contributed by atoms with van der Waals surface area (Å²) in [6.07, 6.45) is -5.98. The Morgan fingerprint density at radius 2 is 1.43 bits per heavy atom. The molecule has 0 saturated carbocycles. The van der Waals surface area contributed by atoms with Crippen LogP contribution in [0.3, 0.4) is 0 Å². The molecule has 1 saturated heterocycles. The molecule has 158 valence electrons. The molecule has 0 spiro atoms. The monoisotopic (exact) mass is 420 g/mol. The van der Waals surface area contributed by atoms with Gasteiger partial charge in [-0.3, -0.25) is 4.79 Å². The highest BCUT2D eigenvalue weighted by molar-refractivity contribution is 5.90. The lowest BCUT2D eigenvalue weighted by atomic mass is 10.1. The summed E-state index contributed by atoms with van der Waals surface area (Å²) in [6, 6.07) is 15.4. The third kappa shape index (κ3) is 4.80. The summed E-state index contributed by atoms with van der Waals surface area (Å²) in [5.41, 5.74) is 0.251. The number of halogens is 2. The fourth-order valence-electron chi connectivity index (χ4n) is 2.81. The van der Waals surface area contributed by atoms with Crippen LogP contribution in [0.15, 0.2) is 60.7 Å². The number of hydrogen-bond acceptors (Lipinski definition) is 7. The Morgan fingerprint density at radius 1 is 0.900 bits per heavy atom. The number of rotatable bonds is 6. The van der Waals surface area contributed by atoms with Crippen LogP contribution < -0.4 is 0 Å². The van der Waals surface area contributed by atoms with Crippen molar-refractivity contribution >= 4 is 17.9 Å². The predicted molar refractivity (Wildman–Crippen MR) is 97.7 cm³/mol. The van der Waals surface area contributed by atoms with Crippen LogP contribution >= 0.6 is 0 Å². The van der Waals surface area contributed by atoms with Crippen LogP contribution in [0.25, 0.3) is 0 Å². The minimum atomic E-state index is -3.86. The molecule has 0 radical (unpaired) electrons. The van der Waals surface area contributed by atoms with Crippen LogP contribution in [0.4, 0.5) is 8.78 Å². The van der Waals surface area contributed by atoms with E-state index in [1.165, 1.54) is 24.3 Å². The van der Waals surface area contributed by atoms with Crippen molar-refractivity contribution in [3.8, 4) is 0 Å². The van der Waals surface area contributed by atoms with Crippen LogP contribution in [0.2, 0.25) is 0 Å². The van der Waals surface area contributed by atoms with Gasteiger partial charge >= 0.3 is 23.8 Å². The first-order valence-electron chi connectivity index (χ1n) is 8.97. The first-order chi connectivity index (χ1) is 14.3. The predicted octanol–water partition coefficient (Wildman–Crippen LogP) is 2.99. The van der Waals surface area contributed by atoms with E-state index in [1.807, 2.05) is 0 Å². The highest BCUT2D eigenvalue weighted by atomic mass is 19.3. The van der Waals surface area contributed by atoms with Crippen molar-refractivity contribution in [2.45, 2.75) is 31.3 Å². The highest BCUT2D eigenvalue weighted by Crippen LogP contribution is 2.39. The van der Waals surface area contributed by atoms with Gasteiger partial charge in [-0.25, -0.2) is 9.59 Å². The molecule has 2 aromatic carbocycles. The second kappa shape index (κ2) is 9.00. The first-order valence-corrected chi connectivity index (χ1v) is 8.97. The maximum absolute atomic E-state index is 14.8. The van der Waals surface area contributed by atoms with E-state index >= 15 is 0 Å². The Morgan fingerprint density at radius 3 is 1.97 bits per heavy atom. The highest BCUT2D eigenvalue weighted by Gasteiger charge is 2.63. The summed E-state index contributed by atoms with van der Waals surface area (Å²) in [4.78, 5) is 35.6. The van der Waals surface area contributed by atoms with E-state index in [0.717, 1.165) is 6.92 Å². The van der Waals surface area contributed by atoms with Crippen LogP contribution in [0.1, 0.15) is 27.6 Å². The van der Waals surface area contributed by atoms with E-state index < -0.39 is 48.9 Å². The lowest BCUT2D eigenvalue weighted by molar-refractivity contribution is -0.222. The van der Waals surface area contributed by atoms with E-state index in [4.69, 9.17) is 14.2 Å². The second-order valence-corrected chi connectivity index (χ2v) is 6.45. The van der Waals surface area contributed by atoms with Gasteiger partial charge in [0.1, 0.15) is 12.7 Å². The van der Waals surface area contributed by atoms with Gasteiger partial charge < -0.3 is 18.9 Å². The van der Waals surface area contributed by atoms with Crippen molar-refractivity contribution in [1.29, 1.82) is 0 Å². The molecule has 3 atom stereocenters. The number of carbonyl (C=O) groups is 3. The van der Waals surface area contributed by atoms with E-state index in [-0.39, 0.29) is 11.1 Å². The lowest BCUT2D eigenvalue weighted by Gasteiger charge is -2.23. The van der Waals surface area contributed by atoms with Gasteiger partial charge in [-0.15, -0.1) is 0 Å². The summed E-state index contributed by atoms with van der Waals surface area (Å²) in [5.74, 6) is -6.66. The van der Waals surface area contributed by atoms with Crippen LogP contribution in [-0.4, -0.2) is 48.9 Å². The van der Waals surface area contributed by atoms with Crippen molar-refractivity contribution in [3.63, 3.8) is 0 Å². The molecule has 1 aliphatic heterocycles. The molecule has 3 rings (SSSR count). The van der Waals surface area contributed by atoms with Crippen molar-refractivity contribution in [2.75, 3.05) is 6.61 Å². The van der Waals surface area contributed by atoms with Gasteiger partial charge in [0.2, 0.25) is 6.10 Å². The Labute approximate surface area is 170 Å². The molecule has 9 heteroatoms. The number of carbonyl (C=O) groups excluding carboxylic acids is 3. The van der Waals surface area contributed by atoms with E-state index in [1.54, 1.807) is 36.4 Å². The van der Waals surface area contributed by atoms with Crippen LogP contribution in [-0.2, 0) is 23.7 Å². The average Bonchev–Trinajstić information content (AvgIpc) is 2.96. The van der Waals surface area contributed by atoms with Crippen LogP contribution in [0.5, 0.6) is 0 Å². The smallest absolute Gasteiger partial charge is 0.347 e. The number of ether oxygens (including phenoxy) is 4. The third-order valence-corrected chi connectivity index (χ3v) is 4.23. The Kier molecular flexibility index (Phi) is 6.41. The second-order valence-electron chi connectivity index (χ2n) is 6.45. The molecule has 2 aromatic rings. The SMILES string of the molecule is CC(=O)O[C@@H]1O[C@H](COC(=O)c2ccccc2)[C@@H](OC(=O)c2ccccc2)C1(F)F. The van der Waals surface area contributed by atoms with Gasteiger partial charge in [0.05, 0.1) is 11.1 Å².